The number of rotatable bonds is 6. The van der Waals surface area contributed by atoms with Gasteiger partial charge in [0.1, 0.15) is 5.60 Å². The zero-order valence-corrected chi connectivity index (χ0v) is 12.7. The third kappa shape index (κ3) is 3.50. The van der Waals surface area contributed by atoms with E-state index in [1.165, 1.54) is 0 Å². The first kappa shape index (κ1) is 15.7. The molecule has 21 heavy (non-hydrogen) atoms. The maximum absolute atomic E-state index is 11.4. The Bertz CT molecular complexity index is 500. The van der Waals surface area contributed by atoms with Gasteiger partial charge in [0.05, 0.1) is 6.04 Å². The molecule has 2 aromatic rings. The van der Waals surface area contributed by atoms with Crippen molar-refractivity contribution in [3.8, 4) is 0 Å². The Morgan fingerprint density at radius 1 is 0.952 bits per heavy atom. The molecule has 0 fully saturated rings. The molecule has 0 aliphatic carbocycles. The third-order valence-corrected chi connectivity index (χ3v) is 3.71. The summed E-state index contributed by atoms with van der Waals surface area (Å²) < 4.78 is 0. The Hall–Kier alpha value is -1.68. The molecule has 112 valence electrons. The Morgan fingerprint density at radius 3 is 1.76 bits per heavy atom. The second-order valence-electron chi connectivity index (χ2n) is 5.67. The second kappa shape index (κ2) is 6.85. The van der Waals surface area contributed by atoms with Crippen molar-refractivity contribution in [2.45, 2.75) is 31.5 Å². The van der Waals surface area contributed by atoms with Gasteiger partial charge < -0.3 is 16.2 Å². The largest absolute Gasteiger partial charge is 0.379 e. The first-order valence-electron chi connectivity index (χ1n) is 7.37. The quantitative estimate of drug-likeness (QED) is 0.762. The summed E-state index contributed by atoms with van der Waals surface area (Å²) in [6.07, 6.45) is 0. The minimum absolute atomic E-state index is 0.326. The lowest BCUT2D eigenvalue weighted by Crippen LogP contribution is -2.52. The van der Waals surface area contributed by atoms with E-state index < -0.39 is 11.6 Å². The number of hydrogen-bond donors (Lipinski definition) is 3. The summed E-state index contributed by atoms with van der Waals surface area (Å²) in [5.41, 5.74) is 6.78. The van der Waals surface area contributed by atoms with Gasteiger partial charge in [0.25, 0.3) is 0 Å². The molecule has 0 aliphatic rings. The molecule has 2 aromatic carbocycles. The van der Waals surface area contributed by atoms with Gasteiger partial charge in [0.15, 0.2) is 0 Å². The fraction of sp³-hybridized carbons (Fsp3) is 0.333. The maximum atomic E-state index is 11.4. The predicted octanol–water partition coefficient (Wildman–Crippen LogP) is 2.25. The Kier molecular flexibility index (Phi) is 5.12. The SMILES string of the molecule is CC(C)NC[C@@H](N)C(O)(c1ccccc1)c1ccccc1. The average molecular weight is 284 g/mol. The molecule has 4 N–H and O–H groups in total. The summed E-state index contributed by atoms with van der Waals surface area (Å²) in [7, 11) is 0. The van der Waals surface area contributed by atoms with E-state index in [0.29, 0.717) is 12.6 Å². The molecule has 3 nitrogen and oxygen atoms in total. The second-order valence-corrected chi connectivity index (χ2v) is 5.67. The van der Waals surface area contributed by atoms with E-state index in [1.807, 2.05) is 60.7 Å². The lowest BCUT2D eigenvalue weighted by atomic mass is 9.80. The Morgan fingerprint density at radius 2 is 1.38 bits per heavy atom. The molecule has 0 radical (unpaired) electrons. The van der Waals surface area contributed by atoms with Crippen LogP contribution in [0.15, 0.2) is 60.7 Å². The number of nitrogens with two attached hydrogens (primary N) is 1. The topological polar surface area (TPSA) is 58.3 Å². The van der Waals surface area contributed by atoms with Gasteiger partial charge in [-0.05, 0) is 11.1 Å². The molecule has 0 heterocycles. The van der Waals surface area contributed by atoms with E-state index in [1.54, 1.807) is 0 Å². The van der Waals surface area contributed by atoms with E-state index in [2.05, 4.69) is 19.2 Å². The van der Waals surface area contributed by atoms with E-state index in [4.69, 9.17) is 5.73 Å². The monoisotopic (exact) mass is 284 g/mol. The van der Waals surface area contributed by atoms with Crippen LogP contribution in [0.4, 0.5) is 0 Å². The van der Waals surface area contributed by atoms with Crippen molar-refractivity contribution < 1.29 is 5.11 Å². The highest BCUT2D eigenvalue weighted by Gasteiger charge is 2.37. The van der Waals surface area contributed by atoms with E-state index in [-0.39, 0.29) is 0 Å². The van der Waals surface area contributed by atoms with Gasteiger partial charge in [-0.25, -0.2) is 0 Å². The fourth-order valence-electron chi connectivity index (χ4n) is 2.49. The zero-order chi connectivity index (χ0) is 15.3. The number of aliphatic hydroxyl groups is 1. The van der Waals surface area contributed by atoms with Crippen LogP contribution in [0.3, 0.4) is 0 Å². The van der Waals surface area contributed by atoms with Gasteiger partial charge in [-0.3, -0.25) is 0 Å². The maximum Gasteiger partial charge on any atom is 0.131 e. The van der Waals surface area contributed by atoms with Gasteiger partial charge in [0.2, 0.25) is 0 Å². The van der Waals surface area contributed by atoms with Gasteiger partial charge in [-0.1, -0.05) is 74.5 Å². The summed E-state index contributed by atoms with van der Waals surface area (Å²) in [5, 5.41) is 14.7. The van der Waals surface area contributed by atoms with E-state index in [9.17, 15) is 5.11 Å². The third-order valence-electron chi connectivity index (χ3n) is 3.71. The van der Waals surface area contributed by atoms with Crippen molar-refractivity contribution >= 4 is 0 Å². The molecular formula is C18H24N2O. The van der Waals surface area contributed by atoms with Crippen LogP contribution in [0, 0.1) is 0 Å². The van der Waals surface area contributed by atoms with Crippen molar-refractivity contribution in [1.29, 1.82) is 0 Å². The first-order valence-corrected chi connectivity index (χ1v) is 7.37. The minimum atomic E-state index is -1.20. The molecule has 0 unspecified atom stereocenters. The molecule has 0 bridgehead atoms. The van der Waals surface area contributed by atoms with Crippen LogP contribution < -0.4 is 11.1 Å². The van der Waals surface area contributed by atoms with Crippen LogP contribution in [-0.4, -0.2) is 23.7 Å². The molecule has 0 saturated carbocycles. The van der Waals surface area contributed by atoms with Crippen LogP contribution in [0.2, 0.25) is 0 Å². The molecular weight excluding hydrogens is 260 g/mol. The highest BCUT2D eigenvalue weighted by Crippen LogP contribution is 2.31. The smallest absolute Gasteiger partial charge is 0.131 e. The average Bonchev–Trinajstić information content (AvgIpc) is 2.53. The normalized spacial score (nSPS) is 13.4. The summed E-state index contributed by atoms with van der Waals surface area (Å²) in [6.45, 7) is 4.67. The number of benzene rings is 2. The Labute approximate surface area is 126 Å². The highest BCUT2D eigenvalue weighted by molar-refractivity contribution is 5.38. The van der Waals surface area contributed by atoms with E-state index in [0.717, 1.165) is 11.1 Å². The van der Waals surface area contributed by atoms with Crippen molar-refractivity contribution in [2.75, 3.05) is 6.54 Å². The van der Waals surface area contributed by atoms with Crippen LogP contribution in [-0.2, 0) is 5.60 Å². The van der Waals surface area contributed by atoms with Gasteiger partial charge in [-0.2, -0.15) is 0 Å². The van der Waals surface area contributed by atoms with Gasteiger partial charge >= 0.3 is 0 Å². The summed E-state index contributed by atoms with van der Waals surface area (Å²) in [4.78, 5) is 0. The standard InChI is InChI=1S/C18H24N2O/c1-14(2)20-13-17(19)18(21,15-9-5-3-6-10-15)16-11-7-4-8-12-16/h3-12,14,17,20-21H,13,19H2,1-2H3/t17-/m1/s1. The lowest BCUT2D eigenvalue weighted by Gasteiger charge is -2.35. The van der Waals surface area contributed by atoms with Crippen LogP contribution in [0.5, 0.6) is 0 Å². The van der Waals surface area contributed by atoms with E-state index >= 15 is 0 Å². The summed E-state index contributed by atoms with van der Waals surface area (Å²) in [6, 6.07) is 19.1. The van der Waals surface area contributed by atoms with Crippen LogP contribution >= 0.6 is 0 Å². The van der Waals surface area contributed by atoms with Crippen molar-refractivity contribution in [1.82, 2.24) is 5.32 Å². The van der Waals surface area contributed by atoms with Crippen LogP contribution in [0.1, 0.15) is 25.0 Å². The molecule has 0 amide bonds. The molecule has 3 heteroatoms. The number of nitrogens with one attached hydrogen (secondary N) is 1. The van der Waals surface area contributed by atoms with Crippen molar-refractivity contribution in [3.63, 3.8) is 0 Å². The summed E-state index contributed by atoms with van der Waals surface area (Å²) in [5.74, 6) is 0. The van der Waals surface area contributed by atoms with Crippen LogP contribution in [0.25, 0.3) is 0 Å². The van der Waals surface area contributed by atoms with Gasteiger partial charge in [0, 0.05) is 12.6 Å². The fourth-order valence-corrected chi connectivity index (χ4v) is 2.49. The molecule has 0 aliphatic heterocycles. The Balaban J connectivity index is 2.40. The van der Waals surface area contributed by atoms with Gasteiger partial charge in [-0.15, -0.1) is 0 Å². The molecule has 0 saturated heterocycles. The minimum Gasteiger partial charge on any atom is -0.379 e. The lowest BCUT2D eigenvalue weighted by molar-refractivity contribution is 0.0509. The summed E-state index contributed by atoms with van der Waals surface area (Å²) >= 11 is 0. The molecule has 2 rings (SSSR count). The zero-order valence-electron chi connectivity index (χ0n) is 12.7. The highest BCUT2D eigenvalue weighted by atomic mass is 16.3. The van der Waals surface area contributed by atoms with Crippen molar-refractivity contribution in [2.24, 2.45) is 5.73 Å². The predicted molar refractivity (Wildman–Crippen MR) is 87.0 cm³/mol. The molecule has 0 spiro atoms. The van der Waals surface area contributed by atoms with Crippen molar-refractivity contribution in [3.05, 3.63) is 71.8 Å². The number of hydrogen-bond acceptors (Lipinski definition) is 3. The molecule has 0 aromatic heterocycles. The molecule has 1 atom stereocenters. The first-order chi connectivity index (χ1) is 10.0.